The largest absolute Gasteiger partial charge is 0.383 e. The summed E-state index contributed by atoms with van der Waals surface area (Å²) in [6.45, 7) is 10.8. The first-order chi connectivity index (χ1) is 18.5. The number of ether oxygens (including phenoxy) is 1. The second-order valence-corrected chi connectivity index (χ2v) is 9.60. The van der Waals surface area contributed by atoms with Crippen LogP contribution in [0.1, 0.15) is 42.5 Å². The van der Waals surface area contributed by atoms with Crippen molar-refractivity contribution in [3.63, 3.8) is 0 Å². The molecule has 0 spiro atoms. The van der Waals surface area contributed by atoms with E-state index in [2.05, 4.69) is 49.0 Å². The molecule has 38 heavy (non-hydrogen) atoms. The van der Waals surface area contributed by atoms with E-state index >= 15 is 4.39 Å². The number of hydrogen-bond donors (Lipinski definition) is 1. The van der Waals surface area contributed by atoms with Gasteiger partial charge in [-0.1, -0.05) is 18.7 Å². The Kier molecular flexibility index (Phi) is 7.59. The average molecular weight is 517 g/mol. The van der Waals surface area contributed by atoms with Gasteiger partial charge < -0.3 is 15.0 Å². The van der Waals surface area contributed by atoms with Gasteiger partial charge in [-0.15, -0.1) is 5.10 Å². The Morgan fingerprint density at radius 1 is 1.13 bits per heavy atom. The molecule has 5 rings (SSSR count). The fourth-order valence-electron chi connectivity index (χ4n) is 4.85. The number of halogens is 1. The Hall–Kier alpha value is -3.92. The molecule has 9 nitrogen and oxygen atoms in total. The van der Waals surface area contributed by atoms with Crippen LogP contribution in [-0.2, 0) is 11.2 Å². The first-order valence-corrected chi connectivity index (χ1v) is 13.0. The molecule has 3 aromatic heterocycles. The lowest BCUT2D eigenvalue weighted by atomic mass is 10.00. The van der Waals surface area contributed by atoms with Crippen LogP contribution in [0.5, 0.6) is 0 Å². The lowest BCUT2D eigenvalue weighted by Crippen LogP contribution is -2.36. The molecule has 1 aliphatic rings. The molecule has 4 heterocycles. The zero-order chi connectivity index (χ0) is 26.6. The minimum atomic E-state index is -0.355. The van der Waals surface area contributed by atoms with Crippen molar-refractivity contribution >= 4 is 22.7 Å². The van der Waals surface area contributed by atoms with E-state index in [0.29, 0.717) is 30.1 Å². The first-order valence-electron chi connectivity index (χ1n) is 13.0. The Morgan fingerprint density at radius 3 is 2.61 bits per heavy atom. The molecule has 1 N–H and O–H groups in total. The minimum Gasteiger partial charge on any atom is -0.383 e. The molecule has 1 aliphatic heterocycles. The summed E-state index contributed by atoms with van der Waals surface area (Å²) < 4.78 is 22.0. The molecule has 0 amide bonds. The lowest BCUT2D eigenvalue weighted by Gasteiger charge is -2.32. The van der Waals surface area contributed by atoms with Gasteiger partial charge in [0.2, 0.25) is 5.95 Å². The molecule has 198 valence electrons. The van der Waals surface area contributed by atoms with E-state index in [-0.39, 0.29) is 11.9 Å². The summed E-state index contributed by atoms with van der Waals surface area (Å²) in [5, 5.41) is 12.0. The van der Waals surface area contributed by atoms with Gasteiger partial charge in [-0.05, 0) is 55.5 Å². The lowest BCUT2D eigenvalue weighted by molar-refractivity contribution is 0.203. The van der Waals surface area contributed by atoms with Gasteiger partial charge in [-0.3, -0.25) is 4.98 Å². The van der Waals surface area contributed by atoms with E-state index in [0.717, 1.165) is 66.0 Å². The summed E-state index contributed by atoms with van der Waals surface area (Å²) >= 11 is 0. The predicted molar refractivity (Wildman–Crippen MR) is 146 cm³/mol. The van der Waals surface area contributed by atoms with Crippen molar-refractivity contribution in [3.05, 3.63) is 65.9 Å². The van der Waals surface area contributed by atoms with Crippen LogP contribution in [-0.4, -0.2) is 63.3 Å². The van der Waals surface area contributed by atoms with Crippen LogP contribution in [0, 0.1) is 12.7 Å². The van der Waals surface area contributed by atoms with Crippen molar-refractivity contribution in [2.75, 3.05) is 38.3 Å². The molecule has 0 radical (unpaired) electrons. The van der Waals surface area contributed by atoms with Gasteiger partial charge >= 0.3 is 0 Å². The van der Waals surface area contributed by atoms with Gasteiger partial charge in [0.25, 0.3) is 0 Å². The number of nitrogens with one attached hydrogen (secondary N) is 1. The summed E-state index contributed by atoms with van der Waals surface area (Å²) in [5.74, 6) is 0.421. The number of piperidine rings is 1. The minimum absolute atomic E-state index is 0.217. The van der Waals surface area contributed by atoms with Crippen molar-refractivity contribution in [2.24, 2.45) is 0 Å². The molecule has 0 saturated carbocycles. The Morgan fingerprint density at radius 2 is 1.89 bits per heavy atom. The van der Waals surface area contributed by atoms with Crippen LogP contribution in [0.2, 0.25) is 0 Å². The van der Waals surface area contributed by atoms with Crippen LogP contribution in [0.15, 0.2) is 43.4 Å². The first kappa shape index (κ1) is 25.7. The molecule has 1 fully saturated rings. The molecule has 0 unspecified atom stereocenters. The quantitative estimate of drug-likeness (QED) is 0.329. The number of rotatable bonds is 9. The highest BCUT2D eigenvalue weighted by Crippen LogP contribution is 2.31. The maximum absolute atomic E-state index is 15.0. The standard InChI is InChI=1S/C28H33FN8O/c1-5-20-15-32-28(33-16-20)36-9-6-21(7-10-36)37-27-17-31-25(14-26(27)34-35-37)22-13-24(29)23(12-18(22)2)19(3)30-8-11-38-4/h12-17,21,30H,3,5-11H2,1-2,4H3. The van der Waals surface area contributed by atoms with Crippen molar-refractivity contribution < 1.29 is 9.13 Å². The molecule has 10 heteroatoms. The highest BCUT2D eigenvalue weighted by Gasteiger charge is 2.25. The third-order valence-electron chi connectivity index (χ3n) is 7.11. The smallest absolute Gasteiger partial charge is 0.225 e. The molecular formula is C28H33FN8O. The predicted octanol–water partition coefficient (Wildman–Crippen LogP) is 4.34. The SMILES string of the molecule is C=C(NCCOC)c1cc(C)c(-c2cc3nnn(C4CCN(c5ncc(CC)cn5)CC4)c3cn2)cc1F. The fraction of sp³-hybridized carbons (Fsp3) is 0.393. The van der Waals surface area contributed by atoms with Crippen molar-refractivity contribution in [1.82, 2.24) is 35.3 Å². The number of anilines is 1. The number of aryl methyl sites for hydroxylation is 2. The summed E-state index contributed by atoms with van der Waals surface area (Å²) in [7, 11) is 1.62. The highest BCUT2D eigenvalue weighted by atomic mass is 19.1. The molecule has 4 aromatic rings. The van der Waals surface area contributed by atoms with Crippen LogP contribution in [0.3, 0.4) is 0 Å². The molecular weight excluding hydrogens is 483 g/mol. The second-order valence-electron chi connectivity index (χ2n) is 9.60. The number of aromatic nitrogens is 6. The van der Waals surface area contributed by atoms with Crippen LogP contribution < -0.4 is 10.2 Å². The van der Waals surface area contributed by atoms with E-state index in [1.165, 1.54) is 6.07 Å². The number of hydrogen-bond acceptors (Lipinski definition) is 8. The van der Waals surface area contributed by atoms with Crippen LogP contribution in [0.4, 0.5) is 10.3 Å². The third-order valence-corrected chi connectivity index (χ3v) is 7.11. The number of benzene rings is 1. The topological polar surface area (TPSA) is 93.9 Å². The number of pyridine rings is 1. The Labute approximate surface area is 221 Å². The molecule has 0 bridgehead atoms. The monoisotopic (exact) mass is 516 g/mol. The van der Waals surface area contributed by atoms with Gasteiger partial charge in [0, 0.05) is 56.0 Å². The summed E-state index contributed by atoms with van der Waals surface area (Å²) in [5.41, 5.74) is 5.99. The molecule has 0 atom stereocenters. The number of nitrogens with zero attached hydrogens (tertiary/aromatic N) is 7. The summed E-state index contributed by atoms with van der Waals surface area (Å²) in [4.78, 5) is 15.9. The molecule has 1 aromatic carbocycles. The van der Waals surface area contributed by atoms with Crippen LogP contribution >= 0.6 is 0 Å². The second kappa shape index (κ2) is 11.2. The normalized spacial score (nSPS) is 14.3. The highest BCUT2D eigenvalue weighted by molar-refractivity contribution is 5.80. The van der Waals surface area contributed by atoms with Crippen molar-refractivity contribution in [3.8, 4) is 11.3 Å². The van der Waals surface area contributed by atoms with E-state index in [4.69, 9.17) is 4.74 Å². The van der Waals surface area contributed by atoms with E-state index in [1.54, 1.807) is 19.4 Å². The van der Waals surface area contributed by atoms with Crippen LogP contribution in [0.25, 0.3) is 28.0 Å². The van der Waals surface area contributed by atoms with E-state index in [1.807, 2.05) is 30.1 Å². The zero-order valence-electron chi connectivity index (χ0n) is 22.1. The Bertz CT molecular complexity index is 1430. The maximum atomic E-state index is 15.0. The Balaban J connectivity index is 1.31. The zero-order valence-corrected chi connectivity index (χ0v) is 22.1. The number of fused-ring (bicyclic) bond motifs is 1. The maximum Gasteiger partial charge on any atom is 0.225 e. The molecule has 0 aliphatic carbocycles. The van der Waals surface area contributed by atoms with Gasteiger partial charge in [-0.25, -0.2) is 19.0 Å². The summed E-state index contributed by atoms with van der Waals surface area (Å²) in [6, 6.07) is 5.40. The van der Waals surface area contributed by atoms with Gasteiger partial charge in [0.1, 0.15) is 16.9 Å². The van der Waals surface area contributed by atoms with Crippen molar-refractivity contribution in [2.45, 2.75) is 39.2 Å². The fourth-order valence-corrected chi connectivity index (χ4v) is 4.85. The van der Waals surface area contributed by atoms with Gasteiger partial charge in [0.05, 0.1) is 24.5 Å². The van der Waals surface area contributed by atoms with E-state index < -0.39 is 0 Å². The average Bonchev–Trinajstić information content (AvgIpc) is 3.37. The van der Waals surface area contributed by atoms with Gasteiger partial charge in [-0.2, -0.15) is 0 Å². The number of methoxy groups -OCH3 is 1. The third kappa shape index (κ3) is 5.22. The summed E-state index contributed by atoms with van der Waals surface area (Å²) in [6.07, 6.45) is 8.35. The van der Waals surface area contributed by atoms with Crippen molar-refractivity contribution in [1.29, 1.82) is 0 Å². The van der Waals surface area contributed by atoms with Gasteiger partial charge in [0.15, 0.2) is 0 Å². The van der Waals surface area contributed by atoms with E-state index in [9.17, 15) is 0 Å². The molecule has 1 saturated heterocycles.